The van der Waals surface area contributed by atoms with Crippen molar-refractivity contribution in [1.82, 2.24) is 0 Å². The lowest BCUT2D eigenvalue weighted by atomic mass is 9.96. The number of carbonyl (C=O) groups is 2. The van der Waals surface area contributed by atoms with Crippen LogP contribution < -0.4 is 20.1 Å². The Bertz CT molecular complexity index is 1740. The molecule has 0 heterocycles. The van der Waals surface area contributed by atoms with E-state index in [-0.39, 0.29) is 11.8 Å². The minimum Gasteiger partial charge on any atom is -0.489 e. The Morgan fingerprint density at radius 3 is 1.50 bits per heavy atom. The van der Waals surface area contributed by atoms with E-state index < -0.39 is 0 Å². The molecule has 0 spiro atoms. The number of amides is 2. The van der Waals surface area contributed by atoms with Gasteiger partial charge < -0.3 is 34.3 Å². The third-order valence-electron chi connectivity index (χ3n) is 7.49. The Hall–Kier alpha value is -4.96. The van der Waals surface area contributed by atoms with E-state index in [1.165, 1.54) is 0 Å². The molecular weight excluding hydrogens is 608 g/mol. The van der Waals surface area contributed by atoms with Gasteiger partial charge in [-0.15, -0.1) is 0 Å². The first kappa shape index (κ1) is 34.4. The minimum atomic E-state index is -0.193. The molecule has 0 radical (unpaired) electrons. The topological polar surface area (TPSA) is 104 Å². The average molecular weight is 651 g/mol. The van der Waals surface area contributed by atoms with Crippen molar-refractivity contribution in [2.45, 2.75) is 19.8 Å². The summed E-state index contributed by atoms with van der Waals surface area (Å²) >= 11 is 0. The molecule has 0 aliphatic carbocycles. The zero-order valence-corrected chi connectivity index (χ0v) is 27.2. The van der Waals surface area contributed by atoms with Crippen LogP contribution in [0.3, 0.4) is 0 Å². The lowest BCUT2D eigenvalue weighted by molar-refractivity contribution is -0.116. The summed E-state index contributed by atoms with van der Waals surface area (Å²) in [7, 11) is 0. The fraction of sp³-hybridized carbons (Fsp3) is 0.282. The van der Waals surface area contributed by atoms with Crippen LogP contribution in [0.5, 0.6) is 11.5 Å². The molecule has 5 rings (SSSR count). The van der Waals surface area contributed by atoms with Gasteiger partial charge in [0.1, 0.15) is 24.7 Å². The second kappa shape index (κ2) is 18.4. The van der Waals surface area contributed by atoms with Crippen molar-refractivity contribution in [3.05, 3.63) is 109 Å². The molecule has 5 aromatic carbocycles. The van der Waals surface area contributed by atoms with Gasteiger partial charge >= 0.3 is 0 Å². The van der Waals surface area contributed by atoms with Gasteiger partial charge in [0.05, 0.1) is 56.6 Å². The van der Waals surface area contributed by atoms with Gasteiger partial charge in [-0.25, -0.2) is 0 Å². The number of nitrogens with one attached hydrogen (secondary N) is 2. The summed E-state index contributed by atoms with van der Waals surface area (Å²) < 4.78 is 28.6. The maximum atomic E-state index is 13.7. The molecule has 0 fully saturated rings. The highest BCUT2D eigenvalue weighted by molar-refractivity contribution is 6.22. The number of hydrogen-bond acceptors (Lipinski definition) is 7. The van der Waals surface area contributed by atoms with E-state index in [4.69, 9.17) is 23.7 Å². The predicted octanol–water partition coefficient (Wildman–Crippen LogP) is 7.49. The Balaban J connectivity index is 0.970. The summed E-state index contributed by atoms with van der Waals surface area (Å²) in [6.45, 7) is 5.11. The molecule has 9 heteroatoms. The molecule has 0 aromatic heterocycles. The number of fused-ring (bicyclic) bond motifs is 2. The summed E-state index contributed by atoms with van der Waals surface area (Å²) in [5.41, 5.74) is 1.89. The largest absolute Gasteiger partial charge is 0.489 e. The van der Waals surface area contributed by atoms with Crippen molar-refractivity contribution in [3.8, 4) is 11.5 Å². The van der Waals surface area contributed by atoms with Crippen molar-refractivity contribution in [2.24, 2.45) is 0 Å². The summed E-state index contributed by atoms with van der Waals surface area (Å²) in [6, 6.07) is 32.7. The molecule has 0 saturated heterocycles. The second-order valence-corrected chi connectivity index (χ2v) is 11.0. The highest BCUT2D eigenvalue weighted by Crippen LogP contribution is 2.31. The third kappa shape index (κ3) is 9.78. The molecule has 0 bridgehead atoms. The summed E-state index contributed by atoms with van der Waals surface area (Å²) in [6.07, 6.45) is 1.26. The molecule has 5 aromatic rings. The number of rotatable bonds is 19. The fourth-order valence-electron chi connectivity index (χ4n) is 5.24. The van der Waals surface area contributed by atoms with Crippen LogP contribution in [0.25, 0.3) is 21.5 Å². The maximum Gasteiger partial charge on any atom is 0.257 e. The van der Waals surface area contributed by atoms with Crippen LogP contribution in [-0.2, 0) is 19.0 Å². The van der Waals surface area contributed by atoms with Crippen LogP contribution in [0.4, 0.5) is 11.4 Å². The molecule has 0 saturated carbocycles. The molecule has 0 atom stereocenters. The van der Waals surface area contributed by atoms with Gasteiger partial charge in [-0.1, -0.05) is 79.7 Å². The first-order chi connectivity index (χ1) is 23.6. The summed E-state index contributed by atoms with van der Waals surface area (Å²) in [5.74, 6) is 0.963. The van der Waals surface area contributed by atoms with E-state index in [2.05, 4.69) is 16.7 Å². The van der Waals surface area contributed by atoms with E-state index in [1.54, 1.807) is 0 Å². The van der Waals surface area contributed by atoms with Gasteiger partial charge in [0.15, 0.2) is 0 Å². The maximum absolute atomic E-state index is 13.7. The Labute approximate surface area is 281 Å². The molecule has 2 N–H and O–H groups in total. The Morgan fingerprint density at radius 2 is 0.979 bits per heavy atom. The van der Waals surface area contributed by atoms with Crippen LogP contribution in [0.2, 0.25) is 0 Å². The predicted molar refractivity (Wildman–Crippen MR) is 189 cm³/mol. The molecule has 250 valence electrons. The number of ether oxygens (including phenoxy) is 5. The number of carbonyl (C=O) groups excluding carboxylic acids is 2. The molecule has 2 amide bonds. The van der Waals surface area contributed by atoms with E-state index in [1.807, 2.05) is 104 Å². The lowest BCUT2D eigenvalue weighted by Crippen LogP contribution is -2.16. The second-order valence-electron chi connectivity index (χ2n) is 11.0. The molecular formula is C39H42N2O7. The van der Waals surface area contributed by atoms with Crippen molar-refractivity contribution in [2.75, 3.05) is 63.5 Å². The minimum absolute atomic E-state index is 0.0312. The van der Waals surface area contributed by atoms with Crippen molar-refractivity contribution in [1.29, 1.82) is 0 Å². The van der Waals surface area contributed by atoms with Gasteiger partial charge in [0.25, 0.3) is 5.91 Å². The third-order valence-corrected chi connectivity index (χ3v) is 7.49. The quantitative estimate of drug-likeness (QED) is 0.0705. The van der Waals surface area contributed by atoms with E-state index in [0.29, 0.717) is 87.7 Å². The number of anilines is 2. The van der Waals surface area contributed by atoms with Crippen molar-refractivity contribution >= 4 is 44.7 Å². The van der Waals surface area contributed by atoms with Gasteiger partial charge in [-0.3, -0.25) is 9.59 Å². The molecule has 0 aliphatic rings. The van der Waals surface area contributed by atoms with Gasteiger partial charge in [-0.2, -0.15) is 0 Å². The van der Waals surface area contributed by atoms with Crippen LogP contribution in [0, 0.1) is 0 Å². The first-order valence-corrected chi connectivity index (χ1v) is 16.3. The monoisotopic (exact) mass is 650 g/mol. The van der Waals surface area contributed by atoms with Gasteiger partial charge in [0.2, 0.25) is 5.91 Å². The Kier molecular flexibility index (Phi) is 13.2. The molecule has 9 nitrogen and oxygen atoms in total. The standard InChI is InChI=1S/C39H42N2O7/c1-2-11-37(42)40-33-16-7-9-18-35(33)47-26-24-45-22-20-44-21-23-46-25-27-48-36-19-10-8-17-34(36)41-39(43)38-31-14-5-3-12-29(31)28-30-13-4-6-15-32(30)38/h3-10,12-19,28H,2,11,20-27H2,1H3,(H,40,42)(H,41,43). The van der Waals surface area contributed by atoms with Crippen LogP contribution >= 0.6 is 0 Å². The lowest BCUT2D eigenvalue weighted by Gasteiger charge is -2.15. The highest BCUT2D eigenvalue weighted by Gasteiger charge is 2.17. The van der Waals surface area contributed by atoms with E-state index >= 15 is 0 Å². The first-order valence-electron chi connectivity index (χ1n) is 16.3. The number of para-hydroxylation sites is 4. The van der Waals surface area contributed by atoms with Crippen LogP contribution in [-0.4, -0.2) is 64.7 Å². The average Bonchev–Trinajstić information content (AvgIpc) is 3.10. The SMILES string of the molecule is CCCC(=O)Nc1ccccc1OCCOCCOCCOCCOc1ccccc1NC(=O)c1c2ccccc2cc2ccccc12. The summed E-state index contributed by atoms with van der Waals surface area (Å²) in [4.78, 5) is 25.6. The van der Waals surface area contributed by atoms with Crippen molar-refractivity contribution in [3.63, 3.8) is 0 Å². The van der Waals surface area contributed by atoms with Gasteiger partial charge in [-0.05, 0) is 58.3 Å². The van der Waals surface area contributed by atoms with Crippen LogP contribution in [0.1, 0.15) is 30.1 Å². The van der Waals surface area contributed by atoms with Crippen molar-refractivity contribution < 1.29 is 33.3 Å². The zero-order chi connectivity index (χ0) is 33.4. The van der Waals surface area contributed by atoms with Gasteiger partial charge in [0, 0.05) is 6.42 Å². The normalized spacial score (nSPS) is 11.0. The van der Waals surface area contributed by atoms with E-state index in [9.17, 15) is 9.59 Å². The molecule has 0 aliphatic heterocycles. The molecule has 48 heavy (non-hydrogen) atoms. The smallest absolute Gasteiger partial charge is 0.257 e. The number of hydrogen-bond donors (Lipinski definition) is 2. The fourth-order valence-corrected chi connectivity index (χ4v) is 5.24. The van der Waals surface area contributed by atoms with E-state index in [0.717, 1.165) is 28.0 Å². The highest BCUT2D eigenvalue weighted by atomic mass is 16.6. The number of benzene rings is 5. The summed E-state index contributed by atoms with van der Waals surface area (Å²) in [5, 5.41) is 9.77. The van der Waals surface area contributed by atoms with Crippen LogP contribution in [0.15, 0.2) is 103 Å². The molecule has 0 unspecified atom stereocenters. The zero-order valence-electron chi connectivity index (χ0n) is 27.2. The Morgan fingerprint density at radius 1 is 0.542 bits per heavy atom.